The van der Waals surface area contributed by atoms with Crippen LogP contribution in [0.2, 0.25) is 0 Å². The Balaban J connectivity index is 2.49. The molecule has 0 saturated carbocycles. The van der Waals surface area contributed by atoms with Crippen LogP contribution in [0.4, 0.5) is 4.79 Å². The number of hydrogen-bond donors (Lipinski definition) is 3. The summed E-state index contributed by atoms with van der Waals surface area (Å²) < 4.78 is 5.38. The van der Waals surface area contributed by atoms with E-state index in [1.807, 2.05) is 32.0 Å². The van der Waals surface area contributed by atoms with Crippen molar-refractivity contribution in [1.29, 1.82) is 5.26 Å². The summed E-state index contributed by atoms with van der Waals surface area (Å²) >= 11 is 0. The Morgan fingerprint density at radius 2 is 1.71 bits per heavy atom. The molecular formula is C29H38N4O5. The van der Waals surface area contributed by atoms with E-state index in [1.54, 1.807) is 45.0 Å². The average molecular weight is 523 g/mol. The molecule has 0 spiro atoms. The summed E-state index contributed by atoms with van der Waals surface area (Å²) in [6, 6.07) is 13.2. The van der Waals surface area contributed by atoms with Gasteiger partial charge in [-0.3, -0.25) is 9.59 Å². The van der Waals surface area contributed by atoms with Crippen LogP contribution in [0, 0.1) is 18.3 Å². The highest BCUT2D eigenvalue weighted by Crippen LogP contribution is 2.24. The first-order valence-corrected chi connectivity index (χ1v) is 12.7. The molecule has 2 unspecified atom stereocenters. The monoisotopic (exact) mass is 522 g/mol. The average Bonchev–Trinajstić information content (AvgIpc) is 2.84. The predicted octanol–water partition coefficient (Wildman–Crippen LogP) is 4.15. The number of ether oxygens (including phenoxy) is 1. The molecule has 9 nitrogen and oxygen atoms in total. The van der Waals surface area contributed by atoms with Gasteiger partial charge in [-0.2, -0.15) is 5.26 Å². The van der Waals surface area contributed by atoms with Crippen molar-refractivity contribution < 1.29 is 24.2 Å². The first-order valence-electron chi connectivity index (χ1n) is 12.7. The molecule has 0 fully saturated rings. The van der Waals surface area contributed by atoms with Gasteiger partial charge in [-0.15, -0.1) is 0 Å². The third-order valence-electron chi connectivity index (χ3n) is 5.67. The molecule has 9 heteroatoms. The van der Waals surface area contributed by atoms with Gasteiger partial charge in [0.2, 0.25) is 11.8 Å². The number of amides is 3. The molecule has 0 saturated heterocycles. The van der Waals surface area contributed by atoms with Gasteiger partial charge in [-0.25, -0.2) is 4.79 Å². The number of alkyl carbamates (subject to hydrolysis) is 1. The molecule has 38 heavy (non-hydrogen) atoms. The number of carbonyl (C=O) groups excluding carboxylic acids is 3. The number of carbonyl (C=O) groups is 3. The topological polar surface area (TPSA) is 132 Å². The lowest BCUT2D eigenvalue weighted by Gasteiger charge is -2.33. The first kappa shape index (κ1) is 30.2. The maximum Gasteiger partial charge on any atom is 0.408 e. The summed E-state index contributed by atoms with van der Waals surface area (Å²) in [4.78, 5) is 41.3. The minimum atomic E-state index is -1.14. The van der Waals surface area contributed by atoms with Crippen LogP contribution in [0.1, 0.15) is 63.3 Å². The highest BCUT2D eigenvalue weighted by atomic mass is 16.6. The van der Waals surface area contributed by atoms with Gasteiger partial charge in [-0.1, -0.05) is 55.3 Å². The fraction of sp³-hybridized carbons (Fsp3) is 0.448. The van der Waals surface area contributed by atoms with E-state index < -0.39 is 35.6 Å². The van der Waals surface area contributed by atoms with Crippen LogP contribution < -0.4 is 10.6 Å². The van der Waals surface area contributed by atoms with Gasteiger partial charge in [0.05, 0.1) is 6.07 Å². The standard InChI is InChI=1S/C29H38N4O5/c1-6-7-17-31-26(35)25(22-12-8-20(2)9-13-22)33(18-16-30)27(36)24(32-28(37)38-29(3,4)5)19-21-10-14-23(34)15-11-21/h8-15,24-25,34H,6-7,17-19H2,1-5H3,(H,31,35)(H,32,37). The molecular weight excluding hydrogens is 484 g/mol. The highest BCUT2D eigenvalue weighted by Gasteiger charge is 2.36. The number of phenols is 1. The van der Waals surface area contributed by atoms with Gasteiger partial charge in [0, 0.05) is 13.0 Å². The number of aromatic hydroxyl groups is 1. The van der Waals surface area contributed by atoms with Crippen molar-refractivity contribution in [3.8, 4) is 11.8 Å². The van der Waals surface area contributed by atoms with Crippen LogP contribution in [0.5, 0.6) is 5.75 Å². The third-order valence-corrected chi connectivity index (χ3v) is 5.67. The van der Waals surface area contributed by atoms with Crippen molar-refractivity contribution in [3.63, 3.8) is 0 Å². The van der Waals surface area contributed by atoms with Crippen molar-refractivity contribution >= 4 is 17.9 Å². The molecule has 0 aliphatic carbocycles. The molecule has 3 N–H and O–H groups in total. The SMILES string of the molecule is CCCCNC(=O)C(c1ccc(C)cc1)N(CC#N)C(=O)C(Cc1ccc(O)cc1)NC(=O)OC(C)(C)C. The lowest BCUT2D eigenvalue weighted by molar-refractivity contribution is -0.141. The first-order chi connectivity index (χ1) is 17.9. The van der Waals surface area contributed by atoms with Crippen LogP contribution in [-0.4, -0.2) is 52.6 Å². The van der Waals surface area contributed by atoms with Crippen LogP contribution in [0.25, 0.3) is 0 Å². The molecule has 3 amide bonds. The number of hydrogen-bond acceptors (Lipinski definition) is 6. The fourth-order valence-electron chi connectivity index (χ4n) is 3.80. The van der Waals surface area contributed by atoms with E-state index in [9.17, 15) is 24.8 Å². The maximum atomic E-state index is 14.0. The molecule has 0 aromatic heterocycles. The largest absolute Gasteiger partial charge is 0.508 e. The van der Waals surface area contributed by atoms with E-state index in [0.29, 0.717) is 17.7 Å². The zero-order valence-corrected chi connectivity index (χ0v) is 22.8. The normalized spacial score (nSPS) is 12.5. The second-order valence-electron chi connectivity index (χ2n) is 10.2. The molecule has 0 heterocycles. The number of rotatable bonds is 11. The number of nitriles is 1. The number of unbranched alkanes of at least 4 members (excludes halogenated alkanes) is 1. The Morgan fingerprint density at radius 3 is 2.26 bits per heavy atom. The molecule has 204 valence electrons. The minimum absolute atomic E-state index is 0.0539. The van der Waals surface area contributed by atoms with Gasteiger partial charge in [0.1, 0.15) is 30.0 Å². The van der Waals surface area contributed by atoms with Crippen LogP contribution in [0.15, 0.2) is 48.5 Å². The smallest absolute Gasteiger partial charge is 0.408 e. The lowest BCUT2D eigenvalue weighted by atomic mass is 9.99. The minimum Gasteiger partial charge on any atom is -0.508 e. The van der Waals surface area contributed by atoms with Gasteiger partial charge < -0.3 is 25.4 Å². The van der Waals surface area contributed by atoms with E-state index in [2.05, 4.69) is 10.6 Å². The number of nitrogens with one attached hydrogen (secondary N) is 2. The van der Waals surface area contributed by atoms with E-state index in [1.165, 1.54) is 17.0 Å². The molecule has 0 bridgehead atoms. The Hall–Kier alpha value is -4.06. The van der Waals surface area contributed by atoms with E-state index in [-0.39, 0.29) is 18.7 Å². The molecule has 2 atom stereocenters. The van der Waals surface area contributed by atoms with Gasteiger partial charge in [0.15, 0.2) is 0 Å². The summed E-state index contributed by atoms with van der Waals surface area (Å²) in [5, 5.41) is 24.8. The van der Waals surface area contributed by atoms with Crippen LogP contribution >= 0.6 is 0 Å². The summed E-state index contributed by atoms with van der Waals surface area (Å²) in [5.41, 5.74) is 1.39. The van der Waals surface area contributed by atoms with E-state index in [4.69, 9.17) is 4.74 Å². The van der Waals surface area contributed by atoms with Crippen molar-refractivity contribution in [2.75, 3.05) is 13.1 Å². The summed E-state index contributed by atoms with van der Waals surface area (Å²) in [6.07, 6.45) is 0.900. The molecule has 0 radical (unpaired) electrons. The summed E-state index contributed by atoms with van der Waals surface area (Å²) in [5.74, 6) is -0.959. The number of phenolic OH excluding ortho intramolecular Hbond substituents is 1. The Morgan fingerprint density at radius 1 is 1.08 bits per heavy atom. The zero-order chi connectivity index (χ0) is 28.3. The van der Waals surface area contributed by atoms with Crippen molar-refractivity contribution in [2.24, 2.45) is 0 Å². The number of benzene rings is 2. The van der Waals surface area contributed by atoms with E-state index in [0.717, 1.165) is 18.4 Å². The Kier molecular flexibility index (Phi) is 11.1. The van der Waals surface area contributed by atoms with Crippen molar-refractivity contribution in [1.82, 2.24) is 15.5 Å². The van der Waals surface area contributed by atoms with Gasteiger partial charge in [0.25, 0.3) is 0 Å². The van der Waals surface area contributed by atoms with Crippen LogP contribution in [-0.2, 0) is 20.7 Å². The second-order valence-corrected chi connectivity index (χ2v) is 10.2. The van der Waals surface area contributed by atoms with Crippen molar-refractivity contribution in [2.45, 2.75) is 71.6 Å². The highest BCUT2D eigenvalue weighted by molar-refractivity contribution is 5.92. The van der Waals surface area contributed by atoms with E-state index >= 15 is 0 Å². The summed E-state index contributed by atoms with van der Waals surface area (Å²) in [6.45, 7) is 9.10. The Labute approximate surface area is 224 Å². The molecule has 2 aromatic rings. The van der Waals surface area contributed by atoms with Gasteiger partial charge in [-0.05, 0) is 57.4 Å². The molecule has 2 rings (SSSR count). The van der Waals surface area contributed by atoms with Gasteiger partial charge >= 0.3 is 6.09 Å². The third kappa shape index (κ3) is 9.43. The van der Waals surface area contributed by atoms with Crippen molar-refractivity contribution in [3.05, 3.63) is 65.2 Å². The predicted molar refractivity (Wildman–Crippen MR) is 144 cm³/mol. The lowest BCUT2D eigenvalue weighted by Crippen LogP contribution is -2.54. The second kappa shape index (κ2) is 14.0. The summed E-state index contributed by atoms with van der Waals surface area (Å²) in [7, 11) is 0. The molecule has 0 aliphatic heterocycles. The number of nitrogens with zero attached hydrogens (tertiary/aromatic N) is 2. The molecule has 2 aromatic carbocycles. The zero-order valence-electron chi connectivity index (χ0n) is 22.8. The number of aryl methyl sites for hydroxylation is 1. The quantitative estimate of drug-likeness (QED) is 0.300. The Bertz CT molecular complexity index is 1120. The fourth-order valence-corrected chi connectivity index (χ4v) is 3.80. The maximum absolute atomic E-state index is 14.0. The van der Waals surface area contributed by atoms with Crippen LogP contribution in [0.3, 0.4) is 0 Å². The molecule has 0 aliphatic rings.